The molecule has 0 heterocycles. The largest absolute Gasteiger partial charge is 0.379 e. The molecule has 0 aromatic carbocycles. The lowest BCUT2D eigenvalue weighted by atomic mass is 10.6. The number of hydrogen-bond donors (Lipinski definition) is 1. The zero-order valence-electron chi connectivity index (χ0n) is 14.5. The van der Waals surface area contributed by atoms with Crippen LogP contribution in [0.4, 0.5) is 0 Å². The molecule has 0 rings (SSSR count). The first-order chi connectivity index (χ1) is 9.91. The van der Waals surface area contributed by atoms with Gasteiger partial charge in [0.1, 0.15) is 0 Å². The molecule has 126 valence electrons. The molecular weight excluding hydrogens is 258 g/mol. The Hall–Kier alpha value is -0.200. The molecule has 0 saturated heterocycles. The lowest BCUT2D eigenvalue weighted by Crippen LogP contribution is -2.17. The molecule has 0 aromatic heterocycles. The Morgan fingerprint density at radius 1 is 0.600 bits per heavy atom. The second kappa shape index (κ2) is 31.3. The molecule has 0 atom stereocenters. The molecule has 5 nitrogen and oxygen atoms in total. The monoisotopic (exact) mass is 295 g/mol. The van der Waals surface area contributed by atoms with Gasteiger partial charge in [-0.2, -0.15) is 0 Å². The van der Waals surface area contributed by atoms with Crippen LogP contribution < -0.4 is 5.32 Å². The Kier molecular flexibility index (Phi) is 38.8. The summed E-state index contributed by atoms with van der Waals surface area (Å²) in [6.45, 7) is 16.1. The van der Waals surface area contributed by atoms with Crippen LogP contribution in [-0.2, 0) is 18.9 Å². The Bertz CT molecular complexity index is 112. The minimum Gasteiger partial charge on any atom is -0.379 e. The van der Waals surface area contributed by atoms with E-state index in [1.54, 1.807) is 0 Å². The summed E-state index contributed by atoms with van der Waals surface area (Å²) in [5, 5.41) is 3.01. The van der Waals surface area contributed by atoms with Crippen molar-refractivity contribution in [3.8, 4) is 0 Å². The van der Waals surface area contributed by atoms with Gasteiger partial charge in [0.2, 0.25) is 0 Å². The van der Waals surface area contributed by atoms with Crippen molar-refractivity contribution in [2.75, 3.05) is 66.4 Å². The predicted molar refractivity (Wildman–Crippen MR) is 85.6 cm³/mol. The fourth-order valence-corrected chi connectivity index (χ4v) is 0.978. The standard InChI is InChI=1S/C11H25NO4.2C2H6/c1-3-13-6-7-15-10-11-16-9-8-14-5-4-12-2;2*1-2/h12H,3-11H2,1-2H3;2*1-2H3. The van der Waals surface area contributed by atoms with Gasteiger partial charge in [-0.1, -0.05) is 27.7 Å². The van der Waals surface area contributed by atoms with E-state index in [0.29, 0.717) is 39.6 Å². The zero-order chi connectivity index (χ0) is 15.9. The van der Waals surface area contributed by atoms with E-state index in [9.17, 15) is 0 Å². The maximum Gasteiger partial charge on any atom is 0.0701 e. The van der Waals surface area contributed by atoms with Crippen LogP contribution >= 0.6 is 0 Å². The van der Waals surface area contributed by atoms with E-state index in [1.165, 1.54) is 0 Å². The molecular formula is C15H37NO4. The summed E-state index contributed by atoms with van der Waals surface area (Å²) in [7, 11) is 1.90. The molecule has 1 N–H and O–H groups in total. The highest BCUT2D eigenvalue weighted by Gasteiger charge is 1.91. The predicted octanol–water partition coefficient (Wildman–Crippen LogP) is 2.34. The minimum atomic E-state index is 0.613. The van der Waals surface area contributed by atoms with E-state index in [0.717, 1.165) is 19.8 Å². The summed E-state index contributed by atoms with van der Waals surface area (Å²) in [4.78, 5) is 0. The average Bonchev–Trinajstić information content (AvgIpc) is 2.52. The van der Waals surface area contributed by atoms with E-state index in [2.05, 4.69) is 5.32 Å². The first kappa shape index (κ1) is 24.8. The van der Waals surface area contributed by atoms with Crippen LogP contribution in [0.5, 0.6) is 0 Å². The van der Waals surface area contributed by atoms with E-state index in [1.807, 2.05) is 41.7 Å². The SMILES string of the molecule is CC.CC.CCOCCOCCOCCOCCNC. The van der Waals surface area contributed by atoms with Gasteiger partial charge in [-0.15, -0.1) is 0 Å². The third kappa shape index (κ3) is 30.7. The molecule has 0 radical (unpaired) electrons. The zero-order valence-corrected chi connectivity index (χ0v) is 14.5. The molecule has 0 unspecified atom stereocenters. The molecule has 0 aromatic rings. The van der Waals surface area contributed by atoms with Crippen molar-refractivity contribution >= 4 is 0 Å². The molecule has 0 aliphatic heterocycles. The maximum atomic E-state index is 5.31. The lowest BCUT2D eigenvalue weighted by molar-refractivity contribution is 0.00000181. The second-order valence-electron chi connectivity index (χ2n) is 3.14. The van der Waals surface area contributed by atoms with Crippen LogP contribution in [0.2, 0.25) is 0 Å². The Morgan fingerprint density at radius 3 is 1.30 bits per heavy atom. The molecule has 0 aliphatic carbocycles. The first-order valence-corrected chi connectivity index (χ1v) is 7.87. The molecule has 0 spiro atoms. The molecule has 0 aliphatic rings. The molecule has 0 saturated carbocycles. The van der Waals surface area contributed by atoms with E-state index in [4.69, 9.17) is 18.9 Å². The van der Waals surface area contributed by atoms with Gasteiger partial charge in [0.25, 0.3) is 0 Å². The van der Waals surface area contributed by atoms with Crippen molar-refractivity contribution in [2.24, 2.45) is 0 Å². The summed E-state index contributed by atoms with van der Waals surface area (Å²) in [6, 6.07) is 0. The Labute approximate surface area is 126 Å². The summed E-state index contributed by atoms with van der Waals surface area (Å²) in [6.07, 6.45) is 0. The number of nitrogens with one attached hydrogen (secondary N) is 1. The maximum absolute atomic E-state index is 5.31. The molecule has 20 heavy (non-hydrogen) atoms. The summed E-state index contributed by atoms with van der Waals surface area (Å²) in [5.41, 5.74) is 0. The van der Waals surface area contributed by atoms with Gasteiger partial charge in [0, 0.05) is 13.2 Å². The van der Waals surface area contributed by atoms with Crippen molar-refractivity contribution < 1.29 is 18.9 Å². The molecule has 0 amide bonds. The highest BCUT2D eigenvalue weighted by Crippen LogP contribution is 1.82. The molecule has 0 fully saturated rings. The van der Waals surface area contributed by atoms with Crippen molar-refractivity contribution in [3.63, 3.8) is 0 Å². The molecule has 0 bridgehead atoms. The van der Waals surface area contributed by atoms with Crippen molar-refractivity contribution in [1.82, 2.24) is 5.32 Å². The van der Waals surface area contributed by atoms with Crippen LogP contribution in [0, 0.1) is 0 Å². The number of ether oxygens (including phenoxy) is 4. The van der Waals surface area contributed by atoms with Gasteiger partial charge in [-0.05, 0) is 14.0 Å². The Balaban J connectivity index is -0.000000656. The van der Waals surface area contributed by atoms with Crippen molar-refractivity contribution in [3.05, 3.63) is 0 Å². The first-order valence-electron chi connectivity index (χ1n) is 7.87. The van der Waals surface area contributed by atoms with Crippen LogP contribution in [0.25, 0.3) is 0 Å². The van der Waals surface area contributed by atoms with E-state index in [-0.39, 0.29) is 0 Å². The van der Waals surface area contributed by atoms with E-state index >= 15 is 0 Å². The van der Waals surface area contributed by atoms with Gasteiger partial charge >= 0.3 is 0 Å². The second-order valence-corrected chi connectivity index (χ2v) is 3.14. The van der Waals surface area contributed by atoms with Gasteiger partial charge < -0.3 is 24.3 Å². The topological polar surface area (TPSA) is 49.0 Å². The Morgan fingerprint density at radius 2 is 0.950 bits per heavy atom. The fraction of sp³-hybridized carbons (Fsp3) is 1.00. The third-order valence-electron chi connectivity index (χ3n) is 1.82. The average molecular weight is 295 g/mol. The highest BCUT2D eigenvalue weighted by molar-refractivity contribution is 4.37. The fourth-order valence-electron chi connectivity index (χ4n) is 0.978. The van der Waals surface area contributed by atoms with Crippen LogP contribution in [0.1, 0.15) is 34.6 Å². The van der Waals surface area contributed by atoms with Gasteiger partial charge in [-0.3, -0.25) is 0 Å². The number of rotatable bonds is 13. The smallest absolute Gasteiger partial charge is 0.0701 e. The van der Waals surface area contributed by atoms with Gasteiger partial charge in [0.05, 0.1) is 46.2 Å². The third-order valence-corrected chi connectivity index (χ3v) is 1.82. The van der Waals surface area contributed by atoms with Crippen LogP contribution in [0.3, 0.4) is 0 Å². The summed E-state index contributed by atoms with van der Waals surface area (Å²) in [5.74, 6) is 0. The number of hydrogen-bond acceptors (Lipinski definition) is 5. The van der Waals surface area contributed by atoms with Crippen molar-refractivity contribution in [2.45, 2.75) is 34.6 Å². The highest BCUT2D eigenvalue weighted by atomic mass is 16.6. The van der Waals surface area contributed by atoms with E-state index < -0.39 is 0 Å². The molecule has 5 heteroatoms. The van der Waals surface area contributed by atoms with Crippen LogP contribution in [-0.4, -0.2) is 66.4 Å². The van der Waals surface area contributed by atoms with Crippen molar-refractivity contribution in [1.29, 1.82) is 0 Å². The lowest BCUT2D eigenvalue weighted by Gasteiger charge is -2.06. The summed E-state index contributed by atoms with van der Waals surface area (Å²) < 4.78 is 21.0. The summed E-state index contributed by atoms with van der Waals surface area (Å²) >= 11 is 0. The van der Waals surface area contributed by atoms with Gasteiger partial charge in [-0.25, -0.2) is 0 Å². The minimum absolute atomic E-state index is 0.613. The quantitative estimate of drug-likeness (QED) is 0.529. The number of likely N-dealkylation sites (N-methyl/N-ethyl adjacent to an activating group) is 1. The van der Waals surface area contributed by atoms with Crippen LogP contribution in [0.15, 0.2) is 0 Å². The normalized spacial score (nSPS) is 9.30. The van der Waals surface area contributed by atoms with Gasteiger partial charge in [0.15, 0.2) is 0 Å².